The smallest absolute Gasteiger partial charge is 0.239 e. The van der Waals surface area contributed by atoms with Crippen LogP contribution in [0.1, 0.15) is 6.92 Å². The Morgan fingerprint density at radius 3 is 2.82 bits per heavy atom. The molecule has 1 amide bonds. The van der Waals surface area contributed by atoms with Gasteiger partial charge in [-0.25, -0.2) is 19.3 Å². The number of likely N-dealkylation sites (N-methyl/N-ethyl adjacent to an activating group) is 1. The quantitative estimate of drug-likeness (QED) is 0.425. The molecule has 4 rings (SSSR count). The topological polar surface area (TPSA) is 111 Å². The van der Waals surface area contributed by atoms with Crippen LogP contribution < -0.4 is 20.7 Å². The number of amides is 1. The monoisotopic (exact) mass is 469 g/mol. The minimum atomic E-state index is -0.494. The number of carbonyl (C=O) groups is 1. The number of aromatic nitrogens is 4. The lowest BCUT2D eigenvalue weighted by atomic mass is 10.2. The number of hydrogen-bond acceptors (Lipinski definition) is 7. The molecule has 0 aliphatic carbocycles. The third-order valence-electron chi connectivity index (χ3n) is 5.31. The summed E-state index contributed by atoms with van der Waals surface area (Å²) in [5.41, 5.74) is 7.82. The van der Waals surface area contributed by atoms with E-state index in [4.69, 9.17) is 22.1 Å². The molecule has 0 saturated carbocycles. The standard InChI is InChI=1S/C22H21ClFN7O2/c1-12(20(25)32)30(2)13-6-7-16(18(9-13)33-3)28-22-27-10-14(23)19(29-22)17-11-26-21-15(24)5-4-8-31(17)21/h4-12H,1-3H3,(H2,25,32)(H,27,28,29). The molecule has 0 bridgehead atoms. The highest BCUT2D eigenvalue weighted by Gasteiger charge is 2.18. The summed E-state index contributed by atoms with van der Waals surface area (Å²) in [6.45, 7) is 1.72. The van der Waals surface area contributed by atoms with Crippen molar-refractivity contribution < 1.29 is 13.9 Å². The van der Waals surface area contributed by atoms with Crippen molar-refractivity contribution in [1.29, 1.82) is 0 Å². The molecule has 3 heterocycles. The number of pyridine rings is 1. The van der Waals surface area contributed by atoms with Crippen molar-refractivity contribution in [2.75, 3.05) is 24.4 Å². The second-order valence-electron chi connectivity index (χ2n) is 7.28. The Balaban J connectivity index is 1.67. The van der Waals surface area contributed by atoms with E-state index in [1.54, 1.807) is 47.7 Å². The number of carbonyl (C=O) groups excluding carboxylic acids is 1. The van der Waals surface area contributed by atoms with Gasteiger partial charge in [0.05, 0.1) is 35.9 Å². The Labute approximate surface area is 194 Å². The van der Waals surface area contributed by atoms with Crippen LogP contribution in [0.2, 0.25) is 5.02 Å². The lowest BCUT2D eigenvalue weighted by molar-refractivity contribution is -0.118. The van der Waals surface area contributed by atoms with E-state index >= 15 is 0 Å². The molecule has 1 aromatic carbocycles. The van der Waals surface area contributed by atoms with Gasteiger partial charge in [-0.05, 0) is 31.2 Å². The Morgan fingerprint density at radius 2 is 2.09 bits per heavy atom. The number of methoxy groups -OCH3 is 1. The Kier molecular flexibility index (Phi) is 6.01. The Bertz CT molecular complexity index is 1340. The van der Waals surface area contributed by atoms with E-state index in [9.17, 15) is 9.18 Å². The first-order valence-electron chi connectivity index (χ1n) is 9.92. The molecule has 4 aromatic rings. The average Bonchev–Trinajstić information content (AvgIpc) is 3.24. The van der Waals surface area contributed by atoms with Crippen LogP contribution in [0.3, 0.4) is 0 Å². The molecule has 33 heavy (non-hydrogen) atoms. The van der Waals surface area contributed by atoms with Crippen LogP contribution in [0.4, 0.5) is 21.7 Å². The molecular formula is C22H21ClFN7O2. The number of ether oxygens (including phenoxy) is 1. The van der Waals surface area contributed by atoms with Crippen molar-refractivity contribution >= 4 is 40.5 Å². The highest BCUT2D eigenvalue weighted by Crippen LogP contribution is 2.33. The molecule has 1 atom stereocenters. The first kappa shape index (κ1) is 22.3. The maximum Gasteiger partial charge on any atom is 0.239 e. The molecule has 0 saturated heterocycles. The highest BCUT2D eigenvalue weighted by molar-refractivity contribution is 6.32. The van der Waals surface area contributed by atoms with Crippen LogP contribution in [-0.2, 0) is 4.79 Å². The number of benzene rings is 1. The summed E-state index contributed by atoms with van der Waals surface area (Å²) in [5.74, 6) is -0.126. The maximum atomic E-state index is 14.0. The molecule has 3 N–H and O–H groups in total. The highest BCUT2D eigenvalue weighted by atomic mass is 35.5. The maximum absolute atomic E-state index is 14.0. The van der Waals surface area contributed by atoms with Gasteiger partial charge in [0.1, 0.15) is 17.5 Å². The van der Waals surface area contributed by atoms with Crippen molar-refractivity contribution in [1.82, 2.24) is 19.4 Å². The summed E-state index contributed by atoms with van der Waals surface area (Å²) in [6.07, 6.45) is 4.63. The van der Waals surface area contributed by atoms with Gasteiger partial charge in [0.2, 0.25) is 11.9 Å². The number of hydrogen-bond donors (Lipinski definition) is 2. The molecule has 3 aromatic heterocycles. The molecule has 0 spiro atoms. The van der Waals surface area contributed by atoms with Gasteiger partial charge >= 0.3 is 0 Å². The molecule has 0 aliphatic rings. The predicted octanol–water partition coefficient (Wildman–Crippen LogP) is 3.65. The summed E-state index contributed by atoms with van der Waals surface area (Å²) in [6, 6.07) is 7.77. The Hall–Kier alpha value is -3.92. The van der Waals surface area contributed by atoms with Crippen LogP contribution >= 0.6 is 11.6 Å². The summed E-state index contributed by atoms with van der Waals surface area (Å²) < 4.78 is 21.1. The van der Waals surface area contributed by atoms with E-state index in [1.165, 1.54) is 25.6 Å². The van der Waals surface area contributed by atoms with Gasteiger partial charge in [-0.1, -0.05) is 11.6 Å². The van der Waals surface area contributed by atoms with Gasteiger partial charge < -0.3 is 20.7 Å². The molecule has 0 fully saturated rings. The summed E-state index contributed by atoms with van der Waals surface area (Å²) in [5, 5.41) is 3.40. The lowest BCUT2D eigenvalue weighted by Crippen LogP contribution is -2.40. The van der Waals surface area contributed by atoms with Crippen LogP contribution in [0.5, 0.6) is 5.75 Å². The van der Waals surface area contributed by atoms with E-state index in [0.717, 1.165) is 5.69 Å². The van der Waals surface area contributed by atoms with Crippen molar-refractivity contribution in [3.63, 3.8) is 0 Å². The Morgan fingerprint density at radius 1 is 1.30 bits per heavy atom. The zero-order valence-corrected chi connectivity index (χ0v) is 18.8. The van der Waals surface area contributed by atoms with Crippen LogP contribution in [0.15, 0.2) is 48.9 Å². The third-order valence-corrected chi connectivity index (χ3v) is 5.58. The molecule has 0 radical (unpaired) electrons. The van der Waals surface area contributed by atoms with Crippen LogP contribution in [0, 0.1) is 5.82 Å². The van der Waals surface area contributed by atoms with Gasteiger partial charge in [0, 0.05) is 25.0 Å². The number of nitrogens with two attached hydrogens (primary N) is 1. The number of rotatable bonds is 7. The molecular weight excluding hydrogens is 449 g/mol. The largest absolute Gasteiger partial charge is 0.494 e. The van der Waals surface area contributed by atoms with Gasteiger partial charge in [0.25, 0.3) is 0 Å². The van der Waals surface area contributed by atoms with E-state index in [-0.39, 0.29) is 16.6 Å². The van der Waals surface area contributed by atoms with Crippen molar-refractivity contribution in [2.24, 2.45) is 5.73 Å². The number of anilines is 3. The number of nitrogens with zero attached hydrogens (tertiary/aromatic N) is 5. The molecule has 0 aliphatic heterocycles. The van der Waals surface area contributed by atoms with Crippen molar-refractivity contribution in [3.8, 4) is 17.1 Å². The normalized spacial score (nSPS) is 11.9. The van der Waals surface area contributed by atoms with Crippen LogP contribution in [0.25, 0.3) is 17.0 Å². The second kappa shape index (κ2) is 8.91. The summed E-state index contributed by atoms with van der Waals surface area (Å²) >= 11 is 6.34. The van der Waals surface area contributed by atoms with Gasteiger partial charge in [-0.15, -0.1) is 0 Å². The molecule has 9 nitrogen and oxygen atoms in total. The number of halogens is 2. The lowest BCUT2D eigenvalue weighted by Gasteiger charge is -2.25. The second-order valence-corrected chi connectivity index (χ2v) is 7.69. The predicted molar refractivity (Wildman–Crippen MR) is 125 cm³/mol. The van der Waals surface area contributed by atoms with E-state index in [2.05, 4.69) is 20.3 Å². The van der Waals surface area contributed by atoms with Crippen LogP contribution in [-0.4, -0.2) is 45.5 Å². The number of imidazole rings is 1. The van der Waals surface area contributed by atoms with Crippen molar-refractivity contribution in [3.05, 3.63) is 59.8 Å². The first-order chi connectivity index (χ1) is 15.8. The zero-order valence-electron chi connectivity index (χ0n) is 18.1. The number of nitrogens with one attached hydrogen (secondary N) is 1. The number of primary amides is 1. The molecule has 1 unspecified atom stereocenters. The number of fused-ring (bicyclic) bond motifs is 1. The fraction of sp³-hybridized carbons (Fsp3) is 0.182. The summed E-state index contributed by atoms with van der Waals surface area (Å²) in [7, 11) is 3.30. The zero-order chi connectivity index (χ0) is 23.7. The molecule has 11 heteroatoms. The molecule has 170 valence electrons. The van der Waals surface area contributed by atoms with Gasteiger partial charge in [-0.2, -0.15) is 0 Å². The van der Waals surface area contributed by atoms with Crippen molar-refractivity contribution in [2.45, 2.75) is 13.0 Å². The minimum absolute atomic E-state index is 0.170. The van der Waals surface area contributed by atoms with E-state index in [0.29, 0.717) is 22.8 Å². The van der Waals surface area contributed by atoms with Gasteiger partial charge in [-0.3, -0.25) is 9.20 Å². The first-order valence-corrected chi connectivity index (χ1v) is 10.3. The fourth-order valence-electron chi connectivity index (χ4n) is 3.30. The van der Waals surface area contributed by atoms with E-state index in [1.807, 2.05) is 6.07 Å². The summed E-state index contributed by atoms with van der Waals surface area (Å²) in [4.78, 5) is 26.1. The third kappa shape index (κ3) is 4.24. The SMILES string of the molecule is COc1cc(N(C)C(C)C(N)=O)ccc1Nc1ncc(Cl)c(-c2cnc3c(F)cccn23)n1. The average molecular weight is 470 g/mol. The minimum Gasteiger partial charge on any atom is -0.494 e. The fourth-order valence-corrected chi connectivity index (χ4v) is 3.48. The van der Waals surface area contributed by atoms with Gasteiger partial charge in [0.15, 0.2) is 11.5 Å². The van der Waals surface area contributed by atoms with E-state index < -0.39 is 17.8 Å².